The van der Waals surface area contributed by atoms with Gasteiger partial charge in [0.15, 0.2) is 5.65 Å². The molecule has 6 rings (SSSR count). The van der Waals surface area contributed by atoms with Crippen LogP contribution < -0.4 is 5.56 Å². The largest absolute Gasteiger partial charge is 0.283 e. The van der Waals surface area contributed by atoms with Crippen molar-refractivity contribution in [2.24, 2.45) is 0 Å². The highest BCUT2D eigenvalue weighted by Crippen LogP contribution is 2.35. The third-order valence-corrected chi connectivity index (χ3v) is 7.37. The molecular weight excluding hydrogens is 434 g/mol. The van der Waals surface area contributed by atoms with Gasteiger partial charge in [0.1, 0.15) is 9.86 Å². The van der Waals surface area contributed by atoms with Crippen molar-refractivity contribution >= 4 is 49.7 Å². The summed E-state index contributed by atoms with van der Waals surface area (Å²) >= 11 is 3.06. The Hall–Kier alpha value is -3.48. The van der Waals surface area contributed by atoms with Crippen LogP contribution in [0, 0.1) is 6.92 Å². The van der Waals surface area contributed by atoms with Crippen LogP contribution in [0.5, 0.6) is 0 Å². The first-order valence-electron chi connectivity index (χ1n) is 10.2. The van der Waals surface area contributed by atoms with E-state index in [9.17, 15) is 4.79 Å². The fourth-order valence-corrected chi connectivity index (χ4v) is 5.73. The van der Waals surface area contributed by atoms with Gasteiger partial charge < -0.3 is 0 Å². The summed E-state index contributed by atoms with van der Waals surface area (Å²) in [6.07, 6.45) is 0. The molecule has 0 unspecified atom stereocenters. The minimum absolute atomic E-state index is 0.137. The lowest BCUT2D eigenvalue weighted by Crippen LogP contribution is -2.18. The van der Waals surface area contributed by atoms with Crippen molar-refractivity contribution in [3.63, 3.8) is 0 Å². The van der Waals surface area contributed by atoms with Crippen LogP contribution >= 0.6 is 23.1 Å². The van der Waals surface area contributed by atoms with Gasteiger partial charge in [0.05, 0.1) is 5.39 Å². The quantitative estimate of drug-likeness (QED) is 0.285. The Morgan fingerprint density at radius 2 is 1.59 bits per heavy atom. The van der Waals surface area contributed by atoms with E-state index in [0.717, 1.165) is 36.7 Å². The minimum Gasteiger partial charge on any atom is -0.267 e. The Morgan fingerprint density at radius 1 is 0.875 bits per heavy atom. The lowest BCUT2D eigenvalue weighted by Gasteiger charge is -2.10. The van der Waals surface area contributed by atoms with E-state index >= 15 is 0 Å². The topological polar surface area (TPSA) is 47.3 Å². The van der Waals surface area contributed by atoms with E-state index in [1.54, 1.807) is 11.8 Å². The van der Waals surface area contributed by atoms with Crippen molar-refractivity contribution < 1.29 is 0 Å². The second-order valence-corrected chi connectivity index (χ2v) is 9.53. The molecular formula is C26H17N3OS2. The van der Waals surface area contributed by atoms with E-state index in [1.807, 2.05) is 60.0 Å². The normalized spacial score (nSPS) is 11.5. The molecule has 3 aromatic heterocycles. The molecule has 3 heterocycles. The van der Waals surface area contributed by atoms with E-state index in [1.165, 1.54) is 21.4 Å². The lowest BCUT2D eigenvalue weighted by molar-refractivity contribution is 0.836. The number of benzene rings is 3. The summed E-state index contributed by atoms with van der Waals surface area (Å²) in [6.45, 7) is 2.07. The average molecular weight is 452 g/mol. The molecule has 0 fully saturated rings. The third kappa shape index (κ3) is 3.11. The molecule has 0 aliphatic carbocycles. The number of thiophene rings is 1. The fraction of sp³-hybridized carbons (Fsp3) is 0.0385. The Kier molecular flexibility index (Phi) is 4.56. The number of hydrogen-bond donors (Lipinski definition) is 0. The van der Waals surface area contributed by atoms with Crippen LogP contribution in [0.25, 0.3) is 37.8 Å². The Bertz CT molecular complexity index is 1670. The molecule has 0 saturated carbocycles. The van der Waals surface area contributed by atoms with E-state index in [4.69, 9.17) is 10.1 Å². The van der Waals surface area contributed by atoms with Gasteiger partial charge in [-0.05, 0) is 24.6 Å². The summed E-state index contributed by atoms with van der Waals surface area (Å²) in [7, 11) is 0. The maximum Gasteiger partial charge on any atom is 0.283 e. The second kappa shape index (κ2) is 7.58. The van der Waals surface area contributed by atoms with Crippen molar-refractivity contribution in [1.29, 1.82) is 0 Å². The molecule has 4 nitrogen and oxygen atoms in total. The molecule has 6 heteroatoms. The van der Waals surface area contributed by atoms with Gasteiger partial charge in [-0.1, -0.05) is 84.1 Å². The summed E-state index contributed by atoms with van der Waals surface area (Å²) in [6, 6.07) is 26.3. The Balaban J connectivity index is 1.65. The molecule has 0 aliphatic heterocycles. The third-order valence-electron chi connectivity index (χ3n) is 5.50. The number of hydrogen-bond acceptors (Lipinski definition) is 5. The maximum absolute atomic E-state index is 13.7. The molecule has 0 amide bonds. The molecule has 0 bridgehead atoms. The molecule has 3 aromatic carbocycles. The van der Waals surface area contributed by atoms with Crippen molar-refractivity contribution in [2.75, 3.05) is 0 Å². The zero-order valence-electron chi connectivity index (χ0n) is 17.1. The van der Waals surface area contributed by atoms with Gasteiger partial charge in [-0.25, -0.2) is 4.98 Å². The van der Waals surface area contributed by atoms with E-state index in [2.05, 4.69) is 31.2 Å². The van der Waals surface area contributed by atoms with Crippen molar-refractivity contribution in [2.45, 2.75) is 16.8 Å². The SMILES string of the molecule is Cc1ccc(Sc2nn3c(=O)c4c(-c5ccccc5)csc4nc3c3ccccc23)cc1. The minimum atomic E-state index is -0.137. The molecule has 0 N–H and O–H groups in total. The van der Waals surface area contributed by atoms with Crippen molar-refractivity contribution in [3.8, 4) is 11.1 Å². The number of aryl methyl sites for hydroxylation is 1. The second-order valence-electron chi connectivity index (χ2n) is 7.61. The number of rotatable bonds is 3. The van der Waals surface area contributed by atoms with Gasteiger partial charge in [0.25, 0.3) is 5.56 Å². The number of nitrogens with zero attached hydrogens (tertiary/aromatic N) is 3. The highest BCUT2D eigenvalue weighted by atomic mass is 32.2. The molecule has 0 aliphatic rings. The smallest absolute Gasteiger partial charge is 0.267 e. The van der Waals surface area contributed by atoms with Gasteiger partial charge in [-0.15, -0.1) is 11.3 Å². The molecule has 0 saturated heterocycles. The van der Waals surface area contributed by atoms with Gasteiger partial charge in [-0.3, -0.25) is 4.79 Å². The van der Waals surface area contributed by atoms with Gasteiger partial charge in [-0.2, -0.15) is 9.61 Å². The van der Waals surface area contributed by atoms with Crippen LogP contribution in [0.3, 0.4) is 0 Å². The highest BCUT2D eigenvalue weighted by molar-refractivity contribution is 7.99. The lowest BCUT2D eigenvalue weighted by atomic mass is 10.1. The molecule has 0 atom stereocenters. The van der Waals surface area contributed by atoms with Crippen LogP contribution in [0.2, 0.25) is 0 Å². The summed E-state index contributed by atoms with van der Waals surface area (Å²) in [5.74, 6) is 0. The Morgan fingerprint density at radius 3 is 2.38 bits per heavy atom. The Labute approximate surface area is 192 Å². The first kappa shape index (κ1) is 19.2. The monoisotopic (exact) mass is 451 g/mol. The van der Waals surface area contributed by atoms with Crippen molar-refractivity contribution in [3.05, 3.63) is 100 Å². The van der Waals surface area contributed by atoms with Gasteiger partial charge in [0.2, 0.25) is 0 Å². The first-order valence-corrected chi connectivity index (χ1v) is 11.9. The van der Waals surface area contributed by atoms with E-state index < -0.39 is 0 Å². The zero-order valence-corrected chi connectivity index (χ0v) is 18.8. The van der Waals surface area contributed by atoms with Crippen LogP contribution in [0.1, 0.15) is 5.56 Å². The van der Waals surface area contributed by atoms with Crippen LogP contribution in [0.15, 0.2) is 99.0 Å². The standard InChI is InChI=1S/C26H17N3OS2/c1-16-11-13-18(14-12-16)32-24-20-10-6-5-9-19(20)23-27-25-22(26(30)29(23)28-24)21(15-31-25)17-7-3-2-4-8-17/h2-15H,1H3. The number of fused-ring (bicyclic) bond motifs is 4. The summed E-state index contributed by atoms with van der Waals surface area (Å²) in [5, 5.41) is 10.1. The van der Waals surface area contributed by atoms with Crippen molar-refractivity contribution in [1.82, 2.24) is 14.6 Å². The fourth-order valence-electron chi connectivity index (χ4n) is 3.88. The van der Waals surface area contributed by atoms with Crippen LogP contribution in [-0.4, -0.2) is 14.6 Å². The highest BCUT2D eigenvalue weighted by Gasteiger charge is 2.18. The van der Waals surface area contributed by atoms with Gasteiger partial charge >= 0.3 is 0 Å². The summed E-state index contributed by atoms with van der Waals surface area (Å²) in [4.78, 5) is 20.4. The van der Waals surface area contributed by atoms with Gasteiger partial charge in [0, 0.05) is 26.6 Å². The molecule has 0 spiro atoms. The van der Waals surface area contributed by atoms with Crippen LogP contribution in [0.4, 0.5) is 0 Å². The van der Waals surface area contributed by atoms with E-state index in [0.29, 0.717) is 11.0 Å². The predicted molar refractivity (Wildman–Crippen MR) is 133 cm³/mol. The predicted octanol–water partition coefficient (Wildman–Crippen LogP) is 6.58. The zero-order chi connectivity index (χ0) is 21.7. The molecule has 0 radical (unpaired) electrons. The number of aromatic nitrogens is 3. The summed E-state index contributed by atoms with van der Waals surface area (Å²) < 4.78 is 1.47. The maximum atomic E-state index is 13.7. The molecule has 6 aromatic rings. The first-order chi connectivity index (χ1) is 15.7. The molecule has 154 valence electrons. The molecule has 32 heavy (non-hydrogen) atoms. The average Bonchev–Trinajstić information content (AvgIpc) is 3.26. The summed E-state index contributed by atoms with van der Waals surface area (Å²) in [5.41, 5.74) is 3.57. The van der Waals surface area contributed by atoms with E-state index in [-0.39, 0.29) is 5.56 Å². The van der Waals surface area contributed by atoms with Crippen LogP contribution in [-0.2, 0) is 0 Å².